The number of non-ortho nitro benzene ring substituents is 1. The number of hydrogen-bond acceptors (Lipinski definition) is 7. The molecule has 0 N–H and O–H groups in total. The highest BCUT2D eigenvalue weighted by molar-refractivity contribution is 8.00. The summed E-state index contributed by atoms with van der Waals surface area (Å²) in [7, 11) is 0. The number of benzene rings is 1. The number of nitrogens with zero attached hydrogens (tertiary/aromatic N) is 3. The number of carbonyl (C=O) groups excluding carboxylic acids is 1. The summed E-state index contributed by atoms with van der Waals surface area (Å²) in [5.41, 5.74) is 1.33. The molecular weight excluding hydrogens is 366 g/mol. The van der Waals surface area contributed by atoms with Crippen molar-refractivity contribution in [3.8, 4) is 0 Å². The number of nitro groups is 1. The lowest BCUT2D eigenvalue weighted by atomic mass is 10.0. The first-order valence-corrected chi connectivity index (χ1v) is 9.46. The molecule has 0 saturated carbocycles. The van der Waals surface area contributed by atoms with Crippen LogP contribution in [0.25, 0.3) is 0 Å². The van der Waals surface area contributed by atoms with E-state index in [0.29, 0.717) is 17.3 Å². The number of hydrogen-bond donors (Lipinski definition) is 0. The van der Waals surface area contributed by atoms with Crippen molar-refractivity contribution in [2.24, 2.45) is 0 Å². The Kier molecular flexibility index (Phi) is 4.81. The third-order valence-electron chi connectivity index (χ3n) is 4.70. The normalized spacial score (nSPS) is 20.4. The van der Waals surface area contributed by atoms with Crippen LogP contribution >= 0.6 is 11.8 Å². The van der Waals surface area contributed by atoms with Crippen LogP contribution in [0.4, 0.5) is 5.69 Å². The van der Waals surface area contributed by atoms with Crippen LogP contribution in [0.5, 0.6) is 0 Å². The van der Waals surface area contributed by atoms with Gasteiger partial charge in [-0.05, 0) is 42.3 Å². The van der Waals surface area contributed by atoms with Crippen molar-refractivity contribution < 1.29 is 14.5 Å². The molecule has 0 aliphatic carbocycles. The molecule has 27 heavy (non-hydrogen) atoms. The molecule has 2 aromatic rings. The molecule has 0 spiro atoms. The van der Waals surface area contributed by atoms with E-state index >= 15 is 0 Å². The first-order chi connectivity index (χ1) is 13.1. The summed E-state index contributed by atoms with van der Waals surface area (Å²) >= 11 is 1.65. The van der Waals surface area contributed by atoms with E-state index < -0.39 is 4.92 Å². The third-order valence-corrected chi connectivity index (χ3v) is 5.90. The smallest absolute Gasteiger partial charge is 0.354 e. The van der Waals surface area contributed by atoms with Gasteiger partial charge in [-0.3, -0.25) is 10.1 Å². The zero-order valence-electron chi connectivity index (χ0n) is 14.4. The molecule has 8 heteroatoms. The summed E-state index contributed by atoms with van der Waals surface area (Å²) in [6.07, 6.45) is 4.77. The van der Waals surface area contributed by atoms with Gasteiger partial charge in [0.05, 0.1) is 15.2 Å². The molecular formula is C19H17N3O4S. The van der Waals surface area contributed by atoms with Crippen molar-refractivity contribution >= 4 is 23.4 Å². The van der Waals surface area contributed by atoms with Gasteiger partial charge in [-0.2, -0.15) is 0 Å². The molecule has 4 rings (SSSR count). The Balaban J connectivity index is 1.39. The number of fused-ring (bicyclic) bond motifs is 1. The van der Waals surface area contributed by atoms with E-state index in [-0.39, 0.29) is 23.5 Å². The summed E-state index contributed by atoms with van der Waals surface area (Å²) in [4.78, 5) is 29.2. The van der Waals surface area contributed by atoms with E-state index in [1.807, 2.05) is 24.3 Å². The van der Waals surface area contributed by atoms with Crippen molar-refractivity contribution in [1.29, 1.82) is 0 Å². The van der Waals surface area contributed by atoms with E-state index in [1.165, 1.54) is 12.1 Å². The molecule has 138 valence electrons. The lowest BCUT2D eigenvalue weighted by Gasteiger charge is -2.40. The van der Waals surface area contributed by atoms with Crippen LogP contribution in [0.1, 0.15) is 12.0 Å². The number of carbonyl (C=O) groups is 1. The highest BCUT2D eigenvalue weighted by atomic mass is 32.2. The molecule has 7 nitrogen and oxygen atoms in total. The molecule has 2 unspecified atom stereocenters. The first kappa shape index (κ1) is 17.5. The third kappa shape index (κ3) is 3.66. The second-order valence-electron chi connectivity index (χ2n) is 6.35. The van der Waals surface area contributed by atoms with Crippen LogP contribution in [0, 0.1) is 10.1 Å². The average molecular weight is 383 g/mol. The van der Waals surface area contributed by atoms with Crippen molar-refractivity contribution in [3.05, 3.63) is 76.1 Å². The molecule has 2 aliphatic rings. The molecule has 2 atom stereocenters. The summed E-state index contributed by atoms with van der Waals surface area (Å²) in [6.45, 7) is 0.938. The Hall–Kier alpha value is -2.87. The molecule has 2 aliphatic heterocycles. The summed E-state index contributed by atoms with van der Waals surface area (Å²) in [6, 6.07) is 12.1. The predicted molar refractivity (Wildman–Crippen MR) is 100.0 cm³/mol. The van der Waals surface area contributed by atoms with E-state index in [4.69, 9.17) is 4.74 Å². The lowest BCUT2D eigenvalue weighted by molar-refractivity contribution is -0.384. The second-order valence-corrected chi connectivity index (χ2v) is 7.55. The van der Waals surface area contributed by atoms with Gasteiger partial charge in [-0.15, -0.1) is 0 Å². The summed E-state index contributed by atoms with van der Waals surface area (Å²) < 4.78 is 5.42. The van der Waals surface area contributed by atoms with Crippen LogP contribution in [-0.4, -0.2) is 38.6 Å². The summed E-state index contributed by atoms with van der Waals surface area (Å²) in [5, 5.41) is 11.8. The molecule has 0 bridgehead atoms. The minimum atomic E-state index is -0.456. The van der Waals surface area contributed by atoms with E-state index in [1.54, 1.807) is 30.1 Å². The van der Waals surface area contributed by atoms with Gasteiger partial charge in [0.15, 0.2) is 0 Å². The van der Waals surface area contributed by atoms with Gasteiger partial charge in [-0.25, -0.2) is 9.78 Å². The van der Waals surface area contributed by atoms with Crippen molar-refractivity contribution in [1.82, 2.24) is 9.88 Å². The van der Waals surface area contributed by atoms with Gasteiger partial charge in [0.1, 0.15) is 12.3 Å². The molecule has 0 radical (unpaired) electrons. The zero-order chi connectivity index (χ0) is 18.8. The number of rotatable bonds is 6. The van der Waals surface area contributed by atoms with Crippen molar-refractivity contribution in [2.75, 3.05) is 6.54 Å². The lowest BCUT2D eigenvalue weighted by Crippen LogP contribution is -2.48. The number of nitro benzene ring substituents is 1. The maximum atomic E-state index is 12.5. The molecule has 1 aromatic carbocycles. The minimum Gasteiger partial charge on any atom is -0.456 e. The van der Waals surface area contributed by atoms with E-state index in [9.17, 15) is 14.9 Å². The van der Waals surface area contributed by atoms with Crippen LogP contribution in [-0.2, 0) is 16.1 Å². The quantitative estimate of drug-likeness (QED) is 0.430. The Morgan fingerprint density at radius 2 is 2.11 bits per heavy atom. The largest absolute Gasteiger partial charge is 0.456 e. The van der Waals surface area contributed by atoms with Gasteiger partial charge in [0, 0.05) is 30.9 Å². The molecule has 3 heterocycles. The fourth-order valence-corrected chi connectivity index (χ4v) is 4.40. The number of aromatic nitrogens is 1. The maximum absolute atomic E-state index is 12.5. The highest BCUT2D eigenvalue weighted by Crippen LogP contribution is 2.41. The molecule has 1 saturated heterocycles. The Labute approximate surface area is 160 Å². The Morgan fingerprint density at radius 1 is 1.30 bits per heavy atom. The van der Waals surface area contributed by atoms with Crippen molar-refractivity contribution in [2.45, 2.75) is 29.3 Å². The number of pyridine rings is 1. The SMILES string of the molecule is O=C(OCc1ccc([N+](=O)[O-])cc1)C1=CC(Sc2ccccn2)C2CCN12. The van der Waals surface area contributed by atoms with Gasteiger partial charge in [-0.1, -0.05) is 17.8 Å². The van der Waals surface area contributed by atoms with Crippen LogP contribution in [0.15, 0.2) is 65.5 Å². The minimum absolute atomic E-state index is 0.0152. The van der Waals surface area contributed by atoms with Crippen LogP contribution < -0.4 is 0 Å². The highest BCUT2D eigenvalue weighted by Gasteiger charge is 2.44. The predicted octanol–water partition coefficient (Wildman–Crippen LogP) is 3.17. The van der Waals surface area contributed by atoms with E-state index in [2.05, 4.69) is 9.88 Å². The number of ether oxygens (including phenoxy) is 1. The van der Waals surface area contributed by atoms with Gasteiger partial charge in [0.2, 0.25) is 0 Å². The standard InChI is InChI=1S/C19H17N3O4S/c23-19(26-12-13-4-6-14(7-5-13)22(24)25)16-11-17(15-8-10-21(15)16)27-18-3-1-2-9-20-18/h1-7,9,11,15,17H,8,10,12H2. The fraction of sp³-hybridized carbons (Fsp3) is 0.263. The van der Waals surface area contributed by atoms with Gasteiger partial charge in [0.25, 0.3) is 5.69 Å². The maximum Gasteiger partial charge on any atom is 0.354 e. The summed E-state index contributed by atoms with van der Waals surface area (Å²) in [5.74, 6) is -0.359. The van der Waals surface area contributed by atoms with Gasteiger partial charge < -0.3 is 9.64 Å². The zero-order valence-corrected chi connectivity index (χ0v) is 15.2. The van der Waals surface area contributed by atoms with Gasteiger partial charge >= 0.3 is 5.97 Å². The molecule has 1 fully saturated rings. The second kappa shape index (κ2) is 7.40. The number of thioether (sulfide) groups is 1. The fourth-order valence-electron chi connectivity index (χ4n) is 3.20. The Morgan fingerprint density at radius 3 is 2.74 bits per heavy atom. The van der Waals surface area contributed by atoms with E-state index in [0.717, 1.165) is 18.0 Å². The average Bonchev–Trinajstić information content (AvgIpc) is 2.89. The monoisotopic (exact) mass is 383 g/mol. The van der Waals surface area contributed by atoms with Crippen LogP contribution in [0.3, 0.4) is 0 Å². The van der Waals surface area contributed by atoms with Crippen molar-refractivity contribution in [3.63, 3.8) is 0 Å². The molecule has 1 aromatic heterocycles. The Bertz CT molecular complexity index is 886. The first-order valence-electron chi connectivity index (χ1n) is 8.58. The number of esters is 1. The topological polar surface area (TPSA) is 85.6 Å². The van der Waals surface area contributed by atoms with Crippen LogP contribution in [0.2, 0.25) is 0 Å². The molecule has 0 amide bonds.